The SMILES string of the molecule is Cc1cccc(Nc2ccc(N3CCN(C(=O)Nc4ccc(Cl)c(C(F)(F)F)c4)CC3)nn2)n1. The molecule has 178 valence electrons. The number of alkyl halides is 3. The van der Waals surface area contributed by atoms with Crippen LogP contribution in [0.5, 0.6) is 0 Å². The molecule has 12 heteroatoms. The zero-order chi connectivity index (χ0) is 24.3. The predicted molar refractivity (Wildman–Crippen MR) is 124 cm³/mol. The third-order valence-electron chi connectivity index (χ3n) is 5.21. The summed E-state index contributed by atoms with van der Waals surface area (Å²) in [7, 11) is 0. The number of anilines is 4. The molecule has 0 spiro atoms. The number of amides is 2. The number of aromatic nitrogens is 3. The molecule has 3 aromatic rings. The summed E-state index contributed by atoms with van der Waals surface area (Å²) in [4.78, 5) is 20.4. The monoisotopic (exact) mass is 491 g/mol. The lowest BCUT2D eigenvalue weighted by molar-refractivity contribution is -0.137. The highest BCUT2D eigenvalue weighted by Gasteiger charge is 2.33. The number of hydrogen-bond donors (Lipinski definition) is 2. The molecule has 0 radical (unpaired) electrons. The molecule has 1 saturated heterocycles. The van der Waals surface area contributed by atoms with Crippen LogP contribution in [0.3, 0.4) is 0 Å². The molecule has 0 unspecified atom stereocenters. The Hall–Kier alpha value is -3.60. The van der Waals surface area contributed by atoms with Gasteiger partial charge in [0.15, 0.2) is 11.6 Å². The van der Waals surface area contributed by atoms with Gasteiger partial charge in [0.05, 0.1) is 10.6 Å². The summed E-state index contributed by atoms with van der Waals surface area (Å²) in [6.45, 7) is 3.65. The van der Waals surface area contributed by atoms with Gasteiger partial charge in [0.2, 0.25) is 0 Å². The summed E-state index contributed by atoms with van der Waals surface area (Å²) in [5.74, 6) is 1.89. The van der Waals surface area contributed by atoms with Gasteiger partial charge in [0, 0.05) is 37.6 Å². The number of carbonyl (C=O) groups excluding carboxylic acids is 1. The Labute approximate surface area is 198 Å². The first kappa shape index (κ1) is 23.6. The molecule has 34 heavy (non-hydrogen) atoms. The van der Waals surface area contributed by atoms with E-state index in [0.717, 1.165) is 17.8 Å². The molecule has 1 aromatic carbocycles. The maximum atomic E-state index is 13.0. The van der Waals surface area contributed by atoms with E-state index < -0.39 is 22.8 Å². The van der Waals surface area contributed by atoms with Crippen molar-refractivity contribution >= 4 is 40.8 Å². The van der Waals surface area contributed by atoms with Gasteiger partial charge in [0.25, 0.3) is 0 Å². The van der Waals surface area contributed by atoms with Gasteiger partial charge < -0.3 is 20.4 Å². The van der Waals surface area contributed by atoms with E-state index in [4.69, 9.17) is 11.6 Å². The van der Waals surface area contributed by atoms with Crippen molar-refractivity contribution in [3.05, 3.63) is 64.8 Å². The molecule has 1 aliphatic rings. The fourth-order valence-corrected chi connectivity index (χ4v) is 3.69. The molecule has 2 aromatic heterocycles. The van der Waals surface area contributed by atoms with E-state index in [9.17, 15) is 18.0 Å². The summed E-state index contributed by atoms with van der Waals surface area (Å²) >= 11 is 5.63. The Bertz CT molecular complexity index is 1170. The fourth-order valence-electron chi connectivity index (χ4n) is 3.47. The highest BCUT2D eigenvalue weighted by atomic mass is 35.5. The van der Waals surface area contributed by atoms with Gasteiger partial charge in [-0.2, -0.15) is 13.2 Å². The number of aryl methyl sites for hydroxylation is 1. The second-order valence-electron chi connectivity index (χ2n) is 7.66. The minimum atomic E-state index is -4.61. The van der Waals surface area contributed by atoms with Gasteiger partial charge in [-0.05, 0) is 49.4 Å². The molecule has 0 aliphatic carbocycles. The minimum Gasteiger partial charge on any atom is -0.352 e. The molecule has 2 amide bonds. The quantitative estimate of drug-likeness (QED) is 0.537. The maximum Gasteiger partial charge on any atom is 0.417 e. The zero-order valence-corrected chi connectivity index (χ0v) is 18.9. The third kappa shape index (κ3) is 5.66. The molecule has 2 N–H and O–H groups in total. The minimum absolute atomic E-state index is 0.0289. The van der Waals surface area contributed by atoms with Crippen LogP contribution in [0.2, 0.25) is 5.02 Å². The summed E-state index contributed by atoms with van der Waals surface area (Å²) < 4.78 is 39.1. The molecule has 0 atom stereocenters. The van der Waals surface area contributed by atoms with Crippen LogP contribution >= 0.6 is 11.6 Å². The summed E-state index contributed by atoms with van der Waals surface area (Å²) in [5.41, 5.74) is -0.0824. The van der Waals surface area contributed by atoms with E-state index in [1.54, 1.807) is 6.07 Å². The molecule has 3 heterocycles. The molecule has 4 rings (SSSR count). The Morgan fingerprint density at radius 1 is 1.00 bits per heavy atom. The second-order valence-corrected chi connectivity index (χ2v) is 8.07. The number of rotatable bonds is 4. The molecule has 1 aliphatic heterocycles. The standard InChI is InChI=1S/C22H21ClF3N7O/c1-14-3-2-4-18(27-14)29-19-7-8-20(31-30-19)32-9-11-33(12-10-32)21(34)28-15-5-6-17(23)16(13-15)22(24,25)26/h2-8,13H,9-12H2,1H3,(H,28,34)(H,27,29,30). The van der Waals surface area contributed by atoms with Crippen LogP contribution in [0.25, 0.3) is 0 Å². The summed E-state index contributed by atoms with van der Waals surface area (Å²) in [6.07, 6.45) is -4.61. The van der Waals surface area contributed by atoms with Crippen molar-refractivity contribution in [2.24, 2.45) is 0 Å². The number of nitrogens with zero attached hydrogens (tertiary/aromatic N) is 5. The number of urea groups is 1. The first-order valence-electron chi connectivity index (χ1n) is 10.4. The van der Waals surface area contributed by atoms with E-state index in [0.29, 0.717) is 43.6 Å². The van der Waals surface area contributed by atoms with Gasteiger partial charge in [0.1, 0.15) is 5.82 Å². The largest absolute Gasteiger partial charge is 0.417 e. The Morgan fingerprint density at radius 2 is 1.76 bits per heavy atom. The van der Waals surface area contributed by atoms with Crippen molar-refractivity contribution in [1.29, 1.82) is 0 Å². The number of benzene rings is 1. The molecular formula is C22H21ClF3N7O. The summed E-state index contributed by atoms with van der Waals surface area (Å²) in [5, 5.41) is 13.6. The molecule has 0 bridgehead atoms. The van der Waals surface area contributed by atoms with Crippen LogP contribution in [0, 0.1) is 6.92 Å². The number of halogens is 4. The molecule has 0 saturated carbocycles. The van der Waals surface area contributed by atoms with E-state index >= 15 is 0 Å². The smallest absolute Gasteiger partial charge is 0.352 e. The fraction of sp³-hybridized carbons (Fsp3) is 0.273. The van der Waals surface area contributed by atoms with Gasteiger partial charge in [-0.3, -0.25) is 0 Å². The normalized spacial score (nSPS) is 14.1. The van der Waals surface area contributed by atoms with Crippen molar-refractivity contribution < 1.29 is 18.0 Å². The highest BCUT2D eigenvalue weighted by molar-refractivity contribution is 6.31. The average molecular weight is 492 g/mol. The molecule has 1 fully saturated rings. The highest BCUT2D eigenvalue weighted by Crippen LogP contribution is 2.36. The average Bonchev–Trinajstić information content (AvgIpc) is 2.80. The molecule has 8 nitrogen and oxygen atoms in total. The number of carbonyl (C=O) groups is 1. The number of nitrogens with one attached hydrogen (secondary N) is 2. The number of piperazine rings is 1. The van der Waals surface area contributed by atoms with Crippen molar-refractivity contribution in [1.82, 2.24) is 20.1 Å². The van der Waals surface area contributed by atoms with Gasteiger partial charge in [-0.15, -0.1) is 10.2 Å². The predicted octanol–water partition coefficient (Wildman–Crippen LogP) is 4.95. The zero-order valence-electron chi connectivity index (χ0n) is 18.1. The van der Waals surface area contributed by atoms with E-state index in [1.165, 1.54) is 11.0 Å². The first-order chi connectivity index (χ1) is 16.2. The topological polar surface area (TPSA) is 86.3 Å². The van der Waals surface area contributed by atoms with Crippen molar-refractivity contribution in [2.75, 3.05) is 41.7 Å². The Morgan fingerprint density at radius 3 is 2.41 bits per heavy atom. The Kier molecular flexibility index (Phi) is 6.73. The lowest BCUT2D eigenvalue weighted by Gasteiger charge is -2.35. The summed E-state index contributed by atoms with van der Waals surface area (Å²) in [6, 6.07) is 12.0. The first-order valence-corrected chi connectivity index (χ1v) is 10.8. The number of hydrogen-bond acceptors (Lipinski definition) is 6. The lowest BCUT2D eigenvalue weighted by Crippen LogP contribution is -2.50. The van der Waals surface area contributed by atoms with Crippen molar-refractivity contribution in [2.45, 2.75) is 13.1 Å². The van der Waals surface area contributed by atoms with Gasteiger partial charge in [-0.1, -0.05) is 17.7 Å². The van der Waals surface area contributed by atoms with E-state index in [2.05, 4.69) is 25.8 Å². The lowest BCUT2D eigenvalue weighted by atomic mass is 10.2. The maximum absolute atomic E-state index is 13.0. The van der Waals surface area contributed by atoms with E-state index in [1.807, 2.05) is 36.1 Å². The number of pyridine rings is 1. The molecular weight excluding hydrogens is 471 g/mol. The third-order valence-corrected chi connectivity index (χ3v) is 5.54. The van der Waals surface area contributed by atoms with Crippen LogP contribution in [0.4, 0.5) is 41.1 Å². The Balaban J connectivity index is 1.32. The van der Waals surface area contributed by atoms with E-state index in [-0.39, 0.29) is 5.69 Å². The van der Waals surface area contributed by atoms with Crippen LogP contribution < -0.4 is 15.5 Å². The van der Waals surface area contributed by atoms with Gasteiger partial charge >= 0.3 is 12.2 Å². The van der Waals surface area contributed by atoms with Crippen LogP contribution in [-0.4, -0.2) is 52.3 Å². The van der Waals surface area contributed by atoms with Crippen LogP contribution in [0.1, 0.15) is 11.3 Å². The van der Waals surface area contributed by atoms with Crippen molar-refractivity contribution in [3.8, 4) is 0 Å². The van der Waals surface area contributed by atoms with Crippen LogP contribution in [0.15, 0.2) is 48.5 Å². The van der Waals surface area contributed by atoms with Crippen LogP contribution in [-0.2, 0) is 6.18 Å². The van der Waals surface area contributed by atoms with Gasteiger partial charge in [-0.25, -0.2) is 9.78 Å². The van der Waals surface area contributed by atoms with Crippen molar-refractivity contribution in [3.63, 3.8) is 0 Å². The second kappa shape index (κ2) is 9.72.